The quantitative estimate of drug-likeness (QED) is 0.0520. The molecule has 0 aliphatic heterocycles. The van der Waals surface area contributed by atoms with Crippen LogP contribution in [0.1, 0.15) is 194 Å². The van der Waals surface area contributed by atoms with Gasteiger partial charge in [-0.05, 0) is 25.7 Å². The van der Waals surface area contributed by atoms with E-state index in [0.29, 0.717) is 4.48 Å². The number of rotatable bonds is 32. The monoisotopic (exact) mass is 527 g/mol. The molecule has 0 fully saturated rings. The highest BCUT2D eigenvalue weighted by atomic mass is 16.3. The molecule has 0 aliphatic rings. The molecule has 3 nitrogen and oxygen atoms in total. The van der Waals surface area contributed by atoms with E-state index in [1.165, 1.54) is 167 Å². The lowest BCUT2D eigenvalue weighted by atomic mass is 10.0. The molecular formula is C34H72NO2+. The van der Waals surface area contributed by atoms with Crippen LogP contribution in [0.3, 0.4) is 0 Å². The van der Waals surface area contributed by atoms with Gasteiger partial charge in [-0.1, -0.05) is 168 Å². The summed E-state index contributed by atoms with van der Waals surface area (Å²) in [6.07, 6.45) is 38.4. The van der Waals surface area contributed by atoms with Crippen LogP contribution in [0.2, 0.25) is 0 Å². The van der Waals surface area contributed by atoms with Gasteiger partial charge in [0.25, 0.3) is 0 Å². The third-order valence-corrected chi connectivity index (χ3v) is 8.57. The van der Waals surface area contributed by atoms with Gasteiger partial charge >= 0.3 is 0 Å². The third kappa shape index (κ3) is 25.9. The van der Waals surface area contributed by atoms with E-state index in [4.69, 9.17) is 0 Å². The summed E-state index contributed by atoms with van der Waals surface area (Å²) in [6, 6.07) is 0. The summed E-state index contributed by atoms with van der Waals surface area (Å²) in [5.41, 5.74) is 0. The molecular weight excluding hydrogens is 454 g/mol. The fraction of sp³-hybridized carbons (Fsp3) is 1.00. The number of aliphatic hydroxyl groups is 2. The van der Waals surface area contributed by atoms with Crippen LogP contribution >= 0.6 is 0 Å². The first kappa shape index (κ1) is 36.9. The van der Waals surface area contributed by atoms with Gasteiger partial charge < -0.3 is 10.2 Å². The third-order valence-electron chi connectivity index (χ3n) is 8.57. The van der Waals surface area contributed by atoms with E-state index in [-0.39, 0.29) is 13.5 Å². The lowest BCUT2D eigenvalue weighted by Crippen LogP contribution is -2.50. The minimum Gasteiger partial charge on any atom is -0.347 e. The Kier molecular flexibility index (Phi) is 30.3. The summed E-state index contributed by atoms with van der Waals surface area (Å²) in [5, 5.41) is 20.0. The van der Waals surface area contributed by atoms with Gasteiger partial charge in [-0.3, -0.25) is 4.48 Å². The first-order valence-electron chi connectivity index (χ1n) is 17.3. The highest BCUT2D eigenvalue weighted by molar-refractivity contribution is 4.52. The van der Waals surface area contributed by atoms with Gasteiger partial charge in [0.15, 0.2) is 13.5 Å². The SMILES string of the molecule is CCCCCCCCCCCCCCCC[N+](CO)(CO)CCCCCCCCCCCCCCCC. The average molecular weight is 527 g/mol. The number of unbranched alkanes of at least 4 members (excludes halogenated alkanes) is 26. The van der Waals surface area contributed by atoms with Gasteiger partial charge in [0, 0.05) is 0 Å². The largest absolute Gasteiger partial charge is 0.347 e. The van der Waals surface area contributed by atoms with Crippen LogP contribution in [0.15, 0.2) is 0 Å². The van der Waals surface area contributed by atoms with E-state index in [0.717, 1.165) is 25.9 Å². The maximum atomic E-state index is 10.00. The van der Waals surface area contributed by atoms with Crippen molar-refractivity contribution in [2.75, 3.05) is 26.6 Å². The molecule has 0 aromatic carbocycles. The Morgan fingerprint density at radius 2 is 0.486 bits per heavy atom. The minimum absolute atomic E-state index is 0.0907. The molecule has 0 aliphatic carbocycles. The molecule has 0 spiro atoms. The van der Waals surface area contributed by atoms with E-state index < -0.39 is 0 Å². The summed E-state index contributed by atoms with van der Waals surface area (Å²) < 4.78 is 0.497. The van der Waals surface area contributed by atoms with Crippen LogP contribution in [-0.2, 0) is 0 Å². The van der Waals surface area contributed by atoms with E-state index in [2.05, 4.69) is 13.8 Å². The molecule has 0 radical (unpaired) electrons. The second kappa shape index (κ2) is 30.4. The number of nitrogens with zero attached hydrogens (tertiary/aromatic N) is 1. The van der Waals surface area contributed by atoms with Gasteiger partial charge in [-0.2, -0.15) is 0 Å². The fourth-order valence-corrected chi connectivity index (χ4v) is 5.72. The molecule has 0 heterocycles. The number of hydrogen-bond donors (Lipinski definition) is 2. The summed E-state index contributed by atoms with van der Waals surface area (Å²) >= 11 is 0. The second-order valence-electron chi connectivity index (χ2n) is 12.3. The minimum atomic E-state index is 0.0907. The molecule has 0 aromatic rings. The van der Waals surface area contributed by atoms with E-state index >= 15 is 0 Å². The number of hydrogen-bond acceptors (Lipinski definition) is 2. The lowest BCUT2D eigenvalue weighted by Gasteiger charge is -2.34. The lowest BCUT2D eigenvalue weighted by molar-refractivity contribution is -0.961. The van der Waals surface area contributed by atoms with Gasteiger partial charge in [0.2, 0.25) is 0 Å². The zero-order valence-electron chi connectivity index (χ0n) is 26.0. The summed E-state index contributed by atoms with van der Waals surface area (Å²) in [7, 11) is 0. The highest BCUT2D eigenvalue weighted by Crippen LogP contribution is 2.17. The second-order valence-corrected chi connectivity index (χ2v) is 12.3. The molecule has 0 amide bonds. The molecule has 0 saturated carbocycles. The standard InChI is InChI=1S/C34H72NO2/c1-3-5-7-9-11-13-15-17-19-21-23-25-27-29-31-35(33-36,34-37)32-30-28-26-24-22-20-18-16-14-12-10-8-6-4-2/h36-37H,3-34H2,1-2H3/q+1. The van der Waals surface area contributed by atoms with Crippen LogP contribution in [0.25, 0.3) is 0 Å². The molecule has 0 aromatic heterocycles. The highest BCUT2D eigenvalue weighted by Gasteiger charge is 2.24. The zero-order valence-corrected chi connectivity index (χ0v) is 26.0. The first-order chi connectivity index (χ1) is 18.2. The fourth-order valence-electron chi connectivity index (χ4n) is 5.72. The van der Waals surface area contributed by atoms with E-state index in [9.17, 15) is 10.2 Å². The summed E-state index contributed by atoms with van der Waals surface area (Å²) in [4.78, 5) is 0. The zero-order chi connectivity index (χ0) is 27.1. The Morgan fingerprint density at radius 3 is 0.676 bits per heavy atom. The van der Waals surface area contributed by atoms with Gasteiger partial charge in [0.05, 0.1) is 13.1 Å². The van der Waals surface area contributed by atoms with Gasteiger partial charge in [-0.25, -0.2) is 0 Å². The van der Waals surface area contributed by atoms with E-state index in [1.807, 2.05) is 0 Å². The van der Waals surface area contributed by atoms with Gasteiger partial charge in [-0.15, -0.1) is 0 Å². The smallest absolute Gasteiger partial charge is 0.182 e. The Bertz CT molecular complexity index is 377. The van der Waals surface area contributed by atoms with Crippen molar-refractivity contribution in [3.05, 3.63) is 0 Å². The molecule has 0 unspecified atom stereocenters. The maximum Gasteiger partial charge on any atom is 0.182 e. The molecule has 0 bridgehead atoms. The molecule has 3 heteroatoms. The van der Waals surface area contributed by atoms with Crippen LogP contribution in [0.4, 0.5) is 0 Å². The molecule has 37 heavy (non-hydrogen) atoms. The van der Waals surface area contributed by atoms with Crippen LogP contribution in [0.5, 0.6) is 0 Å². The Hall–Kier alpha value is -0.120. The van der Waals surface area contributed by atoms with Crippen molar-refractivity contribution in [3.8, 4) is 0 Å². The average Bonchev–Trinajstić information content (AvgIpc) is 2.92. The predicted molar refractivity (Wildman–Crippen MR) is 165 cm³/mol. The summed E-state index contributed by atoms with van der Waals surface area (Å²) in [6.45, 7) is 6.63. The molecule has 0 saturated heterocycles. The number of quaternary nitrogens is 1. The Morgan fingerprint density at radius 1 is 0.297 bits per heavy atom. The van der Waals surface area contributed by atoms with Crippen molar-refractivity contribution in [3.63, 3.8) is 0 Å². The summed E-state index contributed by atoms with van der Waals surface area (Å²) in [5.74, 6) is 0. The first-order valence-corrected chi connectivity index (χ1v) is 17.3. The van der Waals surface area contributed by atoms with Crippen molar-refractivity contribution >= 4 is 0 Å². The molecule has 224 valence electrons. The van der Waals surface area contributed by atoms with Crippen molar-refractivity contribution in [2.24, 2.45) is 0 Å². The van der Waals surface area contributed by atoms with Crippen molar-refractivity contribution in [1.29, 1.82) is 0 Å². The van der Waals surface area contributed by atoms with Crippen LogP contribution in [0, 0.1) is 0 Å². The van der Waals surface area contributed by atoms with Crippen LogP contribution in [-0.4, -0.2) is 41.2 Å². The normalized spacial score (nSPS) is 12.0. The van der Waals surface area contributed by atoms with Crippen molar-refractivity contribution < 1.29 is 14.7 Å². The van der Waals surface area contributed by atoms with E-state index in [1.54, 1.807) is 0 Å². The van der Waals surface area contributed by atoms with Crippen molar-refractivity contribution in [2.45, 2.75) is 194 Å². The molecule has 2 N–H and O–H groups in total. The Balaban J connectivity index is 3.54. The maximum absolute atomic E-state index is 10.00. The molecule has 0 rings (SSSR count). The number of aliphatic hydroxyl groups excluding tert-OH is 2. The van der Waals surface area contributed by atoms with Gasteiger partial charge in [0.1, 0.15) is 0 Å². The molecule has 0 atom stereocenters. The van der Waals surface area contributed by atoms with Crippen molar-refractivity contribution in [1.82, 2.24) is 0 Å². The van der Waals surface area contributed by atoms with Crippen LogP contribution < -0.4 is 0 Å². The Labute approximate surface area is 234 Å². The topological polar surface area (TPSA) is 40.5 Å². The predicted octanol–water partition coefficient (Wildman–Crippen LogP) is 10.7.